The quantitative estimate of drug-likeness (QED) is 0.816. The van der Waals surface area contributed by atoms with Crippen LogP contribution in [0.2, 0.25) is 5.02 Å². The van der Waals surface area contributed by atoms with Crippen LogP contribution in [0.15, 0.2) is 23.1 Å². The van der Waals surface area contributed by atoms with Crippen LogP contribution in [0.4, 0.5) is 0 Å². The van der Waals surface area contributed by atoms with Crippen LogP contribution in [0.5, 0.6) is 5.75 Å². The van der Waals surface area contributed by atoms with Gasteiger partial charge in [0.2, 0.25) is 15.9 Å². The van der Waals surface area contributed by atoms with Crippen molar-refractivity contribution in [1.29, 1.82) is 0 Å². The minimum Gasteiger partial charge on any atom is -0.495 e. The number of carbonyl (C=O) groups is 1. The Morgan fingerprint density at radius 1 is 1.45 bits per heavy atom. The Kier molecular flexibility index (Phi) is 6.65. The van der Waals surface area contributed by atoms with Gasteiger partial charge in [0.15, 0.2) is 0 Å². The van der Waals surface area contributed by atoms with E-state index in [1.54, 1.807) is 0 Å². The minimum absolute atomic E-state index is 0.00990. The molecule has 0 spiro atoms. The van der Waals surface area contributed by atoms with Crippen molar-refractivity contribution in [1.82, 2.24) is 9.62 Å². The van der Waals surface area contributed by atoms with Crippen molar-refractivity contribution >= 4 is 27.5 Å². The molecule has 1 atom stereocenters. The maximum Gasteiger partial charge on any atom is 0.247 e. The van der Waals surface area contributed by atoms with Crippen LogP contribution >= 0.6 is 11.6 Å². The molecule has 0 aliphatic carbocycles. The van der Waals surface area contributed by atoms with E-state index in [1.807, 2.05) is 13.8 Å². The lowest BCUT2D eigenvalue weighted by molar-refractivity contribution is -0.121. The van der Waals surface area contributed by atoms with E-state index < -0.39 is 10.0 Å². The first-order valence-electron chi connectivity index (χ1n) is 6.81. The molecule has 0 radical (unpaired) electrons. The summed E-state index contributed by atoms with van der Waals surface area (Å²) in [5.41, 5.74) is 0. The fraction of sp³-hybridized carbons (Fsp3) is 0.500. The third-order valence-corrected chi connectivity index (χ3v) is 5.26. The number of nitrogens with one attached hydrogen (secondary N) is 1. The molecule has 1 aromatic rings. The molecule has 1 amide bonds. The van der Waals surface area contributed by atoms with E-state index in [2.05, 4.69) is 5.32 Å². The lowest BCUT2D eigenvalue weighted by atomic mass is 10.2. The maximum absolute atomic E-state index is 12.6. The number of ether oxygens (including phenoxy) is 1. The lowest BCUT2D eigenvalue weighted by Gasteiger charge is -2.20. The Hall–Kier alpha value is -1.31. The number of nitrogens with zero attached hydrogens (tertiary/aromatic N) is 1. The standard InChI is InChI=1S/C14H21ClN2O4S/c1-5-10(2)16-14(18)9-17(3)22(19,20)13-8-11(15)6-7-12(13)21-4/h6-8,10H,5,9H2,1-4H3,(H,16,18)/t10-/m1/s1. The molecule has 124 valence electrons. The molecule has 1 N–H and O–H groups in total. The number of hydrogen-bond donors (Lipinski definition) is 1. The van der Waals surface area contributed by atoms with Crippen molar-refractivity contribution in [3.63, 3.8) is 0 Å². The van der Waals surface area contributed by atoms with Crippen molar-refractivity contribution < 1.29 is 17.9 Å². The monoisotopic (exact) mass is 348 g/mol. The van der Waals surface area contributed by atoms with Gasteiger partial charge in [0.1, 0.15) is 10.6 Å². The van der Waals surface area contributed by atoms with Gasteiger partial charge in [-0.2, -0.15) is 4.31 Å². The number of methoxy groups -OCH3 is 1. The third-order valence-electron chi connectivity index (χ3n) is 3.20. The van der Waals surface area contributed by atoms with Crippen molar-refractivity contribution in [2.24, 2.45) is 0 Å². The molecule has 0 aromatic heterocycles. The van der Waals surface area contributed by atoms with Crippen molar-refractivity contribution in [2.75, 3.05) is 20.7 Å². The van der Waals surface area contributed by atoms with Crippen LogP contribution in [-0.4, -0.2) is 45.4 Å². The molecular formula is C14H21ClN2O4S. The Morgan fingerprint density at radius 3 is 2.64 bits per heavy atom. The van der Waals surface area contributed by atoms with Gasteiger partial charge < -0.3 is 10.1 Å². The number of rotatable bonds is 7. The molecule has 0 fully saturated rings. The molecule has 1 rings (SSSR count). The zero-order valence-corrected chi connectivity index (χ0v) is 14.7. The molecule has 0 aliphatic rings. The second-order valence-corrected chi connectivity index (χ2v) is 7.38. The highest BCUT2D eigenvalue weighted by atomic mass is 35.5. The Balaban J connectivity index is 2.99. The van der Waals surface area contributed by atoms with E-state index in [0.29, 0.717) is 0 Å². The summed E-state index contributed by atoms with van der Waals surface area (Å²) >= 11 is 5.86. The van der Waals surface area contributed by atoms with Gasteiger partial charge in [0.25, 0.3) is 0 Å². The molecule has 6 nitrogen and oxygen atoms in total. The van der Waals surface area contributed by atoms with Gasteiger partial charge >= 0.3 is 0 Å². The molecule has 0 saturated heterocycles. The summed E-state index contributed by atoms with van der Waals surface area (Å²) in [6.45, 7) is 3.51. The first-order chi connectivity index (χ1) is 10.2. The SMILES string of the molecule is CC[C@@H](C)NC(=O)CN(C)S(=O)(=O)c1cc(Cl)ccc1OC. The highest BCUT2D eigenvalue weighted by molar-refractivity contribution is 7.89. The van der Waals surface area contributed by atoms with E-state index in [4.69, 9.17) is 16.3 Å². The fourth-order valence-electron chi connectivity index (χ4n) is 1.73. The topological polar surface area (TPSA) is 75.7 Å². The third kappa shape index (κ3) is 4.59. The zero-order valence-electron chi connectivity index (χ0n) is 13.1. The molecule has 0 saturated carbocycles. The van der Waals surface area contributed by atoms with E-state index >= 15 is 0 Å². The number of amides is 1. The van der Waals surface area contributed by atoms with Crippen LogP contribution in [0.25, 0.3) is 0 Å². The van der Waals surface area contributed by atoms with E-state index in [0.717, 1.165) is 10.7 Å². The molecule has 0 heterocycles. The molecular weight excluding hydrogens is 328 g/mol. The van der Waals surface area contributed by atoms with Gasteiger partial charge in [-0.1, -0.05) is 18.5 Å². The summed E-state index contributed by atoms with van der Waals surface area (Å²) in [7, 11) is -1.17. The summed E-state index contributed by atoms with van der Waals surface area (Å²) in [6.07, 6.45) is 0.768. The Morgan fingerprint density at radius 2 is 2.09 bits per heavy atom. The number of halogens is 1. The second kappa shape index (κ2) is 7.80. The molecule has 0 bridgehead atoms. The maximum atomic E-state index is 12.6. The summed E-state index contributed by atoms with van der Waals surface area (Å²) in [6, 6.07) is 4.31. The second-order valence-electron chi connectivity index (χ2n) is 4.93. The molecule has 22 heavy (non-hydrogen) atoms. The molecule has 1 aromatic carbocycles. The number of hydrogen-bond acceptors (Lipinski definition) is 4. The average molecular weight is 349 g/mol. The number of sulfonamides is 1. The van der Waals surface area contributed by atoms with Gasteiger partial charge in [-0.25, -0.2) is 8.42 Å². The van der Waals surface area contributed by atoms with Gasteiger partial charge in [0, 0.05) is 18.1 Å². The van der Waals surface area contributed by atoms with Crippen LogP contribution < -0.4 is 10.1 Å². The largest absolute Gasteiger partial charge is 0.495 e. The van der Waals surface area contributed by atoms with Crippen molar-refractivity contribution in [3.05, 3.63) is 23.2 Å². The van der Waals surface area contributed by atoms with Crippen LogP contribution in [0, 0.1) is 0 Å². The predicted molar refractivity (Wildman–Crippen MR) is 85.7 cm³/mol. The average Bonchev–Trinajstić information content (AvgIpc) is 2.46. The first kappa shape index (κ1) is 18.7. The number of benzene rings is 1. The normalized spacial score (nSPS) is 13.0. The van der Waals surface area contributed by atoms with Crippen LogP contribution in [0.3, 0.4) is 0 Å². The van der Waals surface area contributed by atoms with Gasteiger partial charge in [-0.05, 0) is 31.5 Å². The highest BCUT2D eigenvalue weighted by Crippen LogP contribution is 2.28. The van der Waals surface area contributed by atoms with Gasteiger partial charge in [-0.3, -0.25) is 4.79 Å². The smallest absolute Gasteiger partial charge is 0.247 e. The Labute approximate surface area is 136 Å². The Bertz CT molecular complexity index is 634. The van der Waals surface area contributed by atoms with E-state index in [9.17, 15) is 13.2 Å². The minimum atomic E-state index is -3.88. The molecule has 0 aliphatic heterocycles. The zero-order chi connectivity index (χ0) is 16.9. The summed E-state index contributed by atoms with van der Waals surface area (Å²) in [4.78, 5) is 11.8. The van der Waals surface area contributed by atoms with Crippen LogP contribution in [-0.2, 0) is 14.8 Å². The van der Waals surface area contributed by atoms with Crippen molar-refractivity contribution in [2.45, 2.75) is 31.2 Å². The predicted octanol–water partition coefficient (Wildman–Crippen LogP) is 1.88. The van der Waals surface area contributed by atoms with E-state index in [-0.39, 0.29) is 34.2 Å². The van der Waals surface area contributed by atoms with Crippen LogP contribution in [0.1, 0.15) is 20.3 Å². The summed E-state index contributed by atoms with van der Waals surface area (Å²) in [5.74, 6) is -0.181. The molecule has 0 unspecified atom stereocenters. The number of carbonyl (C=O) groups excluding carboxylic acids is 1. The fourth-order valence-corrected chi connectivity index (χ4v) is 3.27. The summed E-state index contributed by atoms with van der Waals surface area (Å²) in [5, 5.41) is 3.00. The number of likely N-dealkylation sites (N-methyl/N-ethyl adjacent to an activating group) is 1. The summed E-state index contributed by atoms with van der Waals surface area (Å²) < 4.78 is 31.2. The molecule has 8 heteroatoms. The van der Waals surface area contributed by atoms with Crippen molar-refractivity contribution in [3.8, 4) is 5.75 Å². The first-order valence-corrected chi connectivity index (χ1v) is 8.63. The van der Waals surface area contributed by atoms with E-state index in [1.165, 1.54) is 32.4 Å². The highest BCUT2D eigenvalue weighted by Gasteiger charge is 2.27. The van der Waals surface area contributed by atoms with Gasteiger partial charge in [0.05, 0.1) is 13.7 Å². The van der Waals surface area contributed by atoms with Gasteiger partial charge in [-0.15, -0.1) is 0 Å². The lowest BCUT2D eigenvalue weighted by Crippen LogP contribution is -2.41.